The van der Waals surface area contributed by atoms with Gasteiger partial charge in [0.15, 0.2) is 0 Å². The van der Waals surface area contributed by atoms with Crippen LogP contribution in [0, 0.1) is 17.5 Å². The van der Waals surface area contributed by atoms with Crippen LogP contribution < -0.4 is 9.47 Å². The van der Waals surface area contributed by atoms with Crippen LogP contribution in [0.1, 0.15) is 48.4 Å². The van der Waals surface area contributed by atoms with Gasteiger partial charge in [-0.1, -0.05) is 62.2 Å². The lowest BCUT2D eigenvalue weighted by molar-refractivity contribution is -0.274. The molecule has 212 valence electrons. The first kappa shape index (κ1) is 29.3. The predicted octanol–water partition coefficient (Wildman–Crippen LogP) is 9.30. The highest BCUT2D eigenvalue weighted by Crippen LogP contribution is 2.27. The molecule has 0 saturated carbocycles. The van der Waals surface area contributed by atoms with Gasteiger partial charge in [0.05, 0.1) is 6.61 Å². The molecule has 4 aromatic carbocycles. The van der Waals surface area contributed by atoms with Crippen LogP contribution in [0.2, 0.25) is 0 Å². The molecule has 4 rings (SSSR count). The first-order chi connectivity index (χ1) is 19.1. The van der Waals surface area contributed by atoms with Gasteiger partial charge in [-0.2, -0.15) is 0 Å². The van der Waals surface area contributed by atoms with Crippen molar-refractivity contribution >= 4 is 10.8 Å². The topological polar surface area (TPSA) is 18.5 Å². The highest BCUT2D eigenvalue weighted by molar-refractivity contribution is 5.84. The first-order valence-electron chi connectivity index (χ1n) is 13.3. The van der Waals surface area contributed by atoms with Crippen LogP contribution in [-0.2, 0) is 25.7 Å². The molecule has 0 heterocycles. The van der Waals surface area contributed by atoms with E-state index in [1.807, 2.05) is 6.07 Å². The summed E-state index contributed by atoms with van der Waals surface area (Å²) in [6, 6.07) is 16.6. The first-order valence-corrected chi connectivity index (χ1v) is 13.3. The Balaban J connectivity index is 1.38. The SMILES string of the molecule is CCCCCOc1cc(F)c(CCc2ccc3c(F)c(CCc4ccc(OC(F)(F)F)cc4)ccc3c2)c(F)c1. The van der Waals surface area contributed by atoms with Gasteiger partial charge in [0.2, 0.25) is 0 Å². The van der Waals surface area contributed by atoms with E-state index in [2.05, 4.69) is 11.7 Å². The third-order valence-corrected chi connectivity index (χ3v) is 6.73. The summed E-state index contributed by atoms with van der Waals surface area (Å²) in [6.07, 6.45) is -0.601. The van der Waals surface area contributed by atoms with E-state index < -0.39 is 18.0 Å². The molecule has 0 amide bonds. The molecule has 0 bridgehead atoms. The quantitative estimate of drug-likeness (QED) is 0.127. The fraction of sp³-hybridized carbons (Fsp3) is 0.312. The minimum absolute atomic E-state index is 0.0134. The fourth-order valence-corrected chi connectivity index (χ4v) is 4.59. The third-order valence-electron chi connectivity index (χ3n) is 6.73. The van der Waals surface area contributed by atoms with E-state index in [4.69, 9.17) is 4.74 Å². The monoisotopic (exact) mass is 560 g/mol. The summed E-state index contributed by atoms with van der Waals surface area (Å²) in [5, 5.41) is 1.10. The van der Waals surface area contributed by atoms with Gasteiger partial charge in [-0.25, -0.2) is 13.2 Å². The number of rotatable bonds is 12. The molecule has 0 aliphatic rings. The van der Waals surface area contributed by atoms with Crippen LogP contribution in [0.15, 0.2) is 66.7 Å². The maximum absolute atomic E-state index is 15.2. The van der Waals surface area contributed by atoms with Crippen molar-refractivity contribution < 1.29 is 35.8 Å². The van der Waals surface area contributed by atoms with Crippen molar-refractivity contribution in [2.75, 3.05) is 6.61 Å². The Hall–Kier alpha value is -3.68. The molecule has 0 aliphatic carbocycles. The molecular formula is C32H30F6O2. The smallest absolute Gasteiger partial charge is 0.493 e. The third kappa shape index (κ3) is 7.93. The molecule has 0 atom stereocenters. The van der Waals surface area contributed by atoms with Crippen LogP contribution >= 0.6 is 0 Å². The van der Waals surface area contributed by atoms with E-state index in [0.29, 0.717) is 42.2 Å². The van der Waals surface area contributed by atoms with Crippen LogP contribution in [0.25, 0.3) is 10.8 Å². The molecule has 0 unspecified atom stereocenters. The maximum Gasteiger partial charge on any atom is 0.573 e. The number of hydrogen-bond donors (Lipinski definition) is 0. The number of benzene rings is 4. The van der Waals surface area contributed by atoms with Crippen LogP contribution in [-0.4, -0.2) is 13.0 Å². The van der Waals surface area contributed by atoms with Crippen molar-refractivity contribution in [3.8, 4) is 11.5 Å². The molecule has 0 radical (unpaired) electrons. The van der Waals surface area contributed by atoms with Crippen LogP contribution in [0.5, 0.6) is 11.5 Å². The molecule has 8 heteroatoms. The molecular weight excluding hydrogens is 530 g/mol. The molecule has 2 nitrogen and oxygen atoms in total. The molecule has 0 N–H and O–H groups in total. The van der Waals surface area contributed by atoms with Crippen molar-refractivity contribution in [2.24, 2.45) is 0 Å². The number of aryl methyl sites for hydroxylation is 3. The maximum atomic E-state index is 15.2. The second-order valence-corrected chi connectivity index (χ2v) is 9.71. The number of fused-ring (bicyclic) bond motifs is 1. The zero-order valence-corrected chi connectivity index (χ0v) is 22.1. The predicted molar refractivity (Wildman–Crippen MR) is 143 cm³/mol. The zero-order valence-electron chi connectivity index (χ0n) is 22.1. The minimum Gasteiger partial charge on any atom is -0.493 e. The number of hydrogen-bond acceptors (Lipinski definition) is 2. The molecule has 0 aliphatic heterocycles. The summed E-state index contributed by atoms with van der Waals surface area (Å²) < 4.78 is 90.7. The molecule has 0 aromatic heterocycles. The summed E-state index contributed by atoms with van der Waals surface area (Å²) in [4.78, 5) is 0. The lowest BCUT2D eigenvalue weighted by Gasteiger charge is -2.11. The number of alkyl halides is 3. The van der Waals surface area contributed by atoms with Gasteiger partial charge >= 0.3 is 6.36 Å². The van der Waals surface area contributed by atoms with Crippen molar-refractivity contribution in [2.45, 2.75) is 58.2 Å². The van der Waals surface area contributed by atoms with Gasteiger partial charge in [-0.05, 0) is 66.3 Å². The Bertz CT molecular complexity index is 1410. The van der Waals surface area contributed by atoms with E-state index in [1.165, 1.54) is 36.4 Å². The van der Waals surface area contributed by atoms with Crippen molar-refractivity contribution in [3.05, 3.63) is 106 Å². The summed E-state index contributed by atoms with van der Waals surface area (Å²) in [7, 11) is 0. The molecule has 0 saturated heterocycles. The van der Waals surface area contributed by atoms with Gasteiger partial charge in [0.1, 0.15) is 29.0 Å². The number of halogens is 6. The molecule has 40 heavy (non-hydrogen) atoms. The summed E-state index contributed by atoms with van der Waals surface area (Å²) >= 11 is 0. The Morgan fingerprint density at radius 1 is 0.675 bits per heavy atom. The fourth-order valence-electron chi connectivity index (χ4n) is 4.59. The second kappa shape index (κ2) is 13.1. The van der Waals surface area contributed by atoms with Gasteiger partial charge in [-0.15, -0.1) is 13.2 Å². The highest BCUT2D eigenvalue weighted by Gasteiger charge is 2.30. The second-order valence-electron chi connectivity index (χ2n) is 9.71. The minimum atomic E-state index is -4.75. The van der Waals surface area contributed by atoms with E-state index in [-0.39, 0.29) is 29.3 Å². The normalized spacial score (nSPS) is 11.7. The average Bonchev–Trinajstić information content (AvgIpc) is 2.90. The summed E-state index contributed by atoms with van der Waals surface area (Å²) in [5.41, 5.74) is 2.04. The Labute approximate surface area is 229 Å². The Morgan fingerprint density at radius 3 is 2.02 bits per heavy atom. The number of unbranched alkanes of at least 4 members (excludes halogenated alkanes) is 2. The van der Waals surface area contributed by atoms with E-state index >= 15 is 4.39 Å². The lowest BCUT2D eigenvalue weighted by atomic mass is 9.97. The average molecular weight is 561 g/mol. The van der Waals surface area contributed by atoms with E-state index in [1.54, 1.807) is 24.3 Å². The van der Waals surface area contributed by atoms with E-state index in [9.17, 15) is 22.0 Å². The van der Waals surface area contributed by atoms with E-state index in [0.717, 1.165) is 30.4 Å². The molecule has 4 aromatic rings. The van der Waals surface area contributed by atoms with Crippen molar-refractivity contribution in [1.82, 2.24) is 0 Å². The lowest BCUT2D eigenvalue weighted by Crippen LogP contribution is -2.17. The highest BCUT2D eigenvalue weighted by atomic mass is 19.4. The van der Waals surface area contributed by atoms with Gasteiger partial charge in [0, 0.05) is 23.1 Å². The molecule has 0 spiro atoms. The standard InChI is InChI=1S/C32H30F6O2/c1-2-3-4-17-39-26-19-29(33)28(30(34)20-26)16-9-22-8-15-27-24(18-22)12-11-23(31(27)35)10-5-21-6-13-25(14-7-21)40-32(36,37)38/h6-8,11-15,18-20H,2-5,9-10,16-17H2,1H3. The van der Waals surface area contributed by atoms with Gasteiger partial charge in [0.25, 0.3) is 0 Å². The van der Waals surface area contributed by atoms with Gasteiger partial charge in [-0.3, -0.25) is 0 Å². The van der Waals surface area contributed by atoms with Crippen LogP contribution in [0.4, 0.5) is 26.3 Å². The zero-order chi connectivity index (χ0) is 28.7. The summed E-state index contributed by atoms with van der Waals surface area (Å²) in [6.45, 7) is 2.47. The van der Waals surface area contributed by atoms with Crippen molar-refractivity contribution in [3.63, 3.8) is 0 Å². The summed E-state index contributed by atoms with van der Waals surface area (Å²) in [5.74, 6) is -1.79. The number of ether oxygens (including phenoxy) is 2. The largest absolute Gasteiger partial charge is 0.573 e. The van der Waals surface area contributed by atoms with Crippen LogP contribution in [0.3, 0.4) is 0 Å². The van der Waals surface area contributed by atoms with Crippen molar-refractivity contribution in [1.29, 1.82) is 0 Å². The Kier molecular flexibility index (Phi) is 9.61. The Morgan fingerprint density at radius 2 is 1.35 bits per heavy atom. The molecule has 0 fully saturated rings. The van der Waals surface area contributed by atoms with Gasteiger partial charge < -0.3 is 9.47 Å².